The Labute approximate surface area is 204 Å². The zero-order valence-corrected chi connectivity index (χ0v) is 19.0. The molecule has 2 aromatic carbocycles. The molecule has 1 saturated heterocycles. The molecule has 3 atom stereocenters. The highest BCUT2D eigenvalue weighted by Crippen LogP contribution is 2.39. The van der Waals surface area contributed by atoms with Gasteiger partial charge >= 0.3 is 0 Å². The Morgan fingerprint density at radius 2 is 1.44 bits per heavy atom. The number of amides is 3. The number of hydrazine groups is 1. The SMILES string of the molecule is C[C@@H]1C=CC[C@@H]2C(=O)N(N(CC(=O)c3ccc([N+](=O)[O-])cc3)C(=O)c3ccc([N+](=O)[O-])cc3)C(=O)[C@@H]12. The first kappa shape index (κ1) is 24.4. The van der Waals surface area contributed by atoms with Crippen molar-refractivity contribution in [1.82, 2.24) is 10.0 Å². The van der Waals surface area contributed by atoms with Crippen LogP contribution in [-0.2, 0) is 9.59 Å². The van der Waals surface area contributed by atoms with E-state index >= 15 is 0 Å². The van der Waals surface area contributed by atoms with Crippen molar-refractivity contribution in [2.45, 2.75) is 13.3 Å². The van der Waals surface area contributed by atoms with Gasteiger partial charge < -0.3 is 0 Å². The number of non-ortho nitro benzene ring substituents is 2. The third-order valence-corrected chi connectivity index (χ3v) is 6.34. The number of nitro benzene ring substituents is 2. The van der Waals surface area contributed by atoms with Crippen molar-refractivity contribution in [3.63, 3.8) is 0 Å². The lowest BCUT2D eigenvalue weighted by atomic mass is 9.78. The predicted molar refractivity (Wildman–Crippen MR) is 123 cm³/mol. The topological polar surface area (TPSA) is 161 Å². The van der Waals surface area contributed by atoms with Crippen LogP contribution in [0.4, 0.5) is 11.4 Å². The van der Waals surface area contributed by atoms with Crippen molar-refractivity contribution in [3.8, 4) is 0 Å². The third-order valence-electron chi connectivity index (χ3n) is 6.34. The predicted octanol–water partition coefficient (Wildman–Crippen LogP) is 2.94. The number of nitrogens with zero attached hydrogens (tertiary/aromatic N) is 4. The molecule has 2 aliphatic rings. The number of nitro groups is 2. The van der Waals surface area contributed by atoms with Gasteiger partial charge in [0.25, 0.3) is 29.1 Å². The standard InChI is InChI=1S/C24H20N4O8/c1-14-3-2-4-19-21(14)24(32)26(23(19)31)25(22(30)16-7-11-18(12-8-16)28(35)36)13-20(29)15-5-9-17(10-6-15)27(33)34/h2-3,5-12,14,19,21H,4,13H2,1H3/t14-,19+,21+/m1/s1. The third kappa shape index (κ3) is 4.35. The molecule has 1 heterocycles. The molecule has 1 fully saturated rings. The van der Waals surface area contributed by atoms with Crippen molar-refractivity contribution >= 4 is 34.9 Å². The number of allylic oxidation sites excluding steroid dienone is 2. The van der Waals surface area contributed by atoms with Crippen molar-refractivity contribution in [3.05, 3.63) is 92.0 Å². The Kier molecular flexibility index (Phi) is 6.43. The molecule has 0 radical (unpaired) electrons. The van der Waals surface area contributed by atoms with Crippen LogP contribution in [0.25, 0.3) is 0 Å². The summed E-state index contributed by atoms with van der Waals surface area (Å²) in [6, 6.07) is 9.24. The van der Waals surface area contributed by atoms with Crippen LogP contribution in [0, 0.1) is 38.0 Å². The molecule has 1 aliphatic heterocycles. The second-order valence-electron chi connectivity index (χ2n) is 8.54. The van der Waals surface area contributed by atoms with Gasteiger partial charge in [-0.25, -0.2) is 5.01 Å². The molecule has 1 aliphatic carbocycles. The van der Waals surface area contributed by atoms with Gasteiger partial charge in [-0.05, 0) is 36.6 Å². The van der Waals surface area contributed by atoms with Gasteiger partial charge in [0.15, 0.2) is 5.78 Å². The summed E-state index contributed by atoms with van der Waals surface area (Å²) in [6.07, 6.45) is 3.93. The van der Waals surface area contributed by atoms with Gasteiger partial charge in [-0.3, -0.25) is 39.4 Å². The lowest BCUT2D eigenvalue weighted by molar-refractivity contribution is -0.385. The fraction of sp³-hybridized carbons (Fsp3) is 0.250. The van der Waals surface area contributed by atoms with Gasteiger partial charge in [0.2, 0.25) is 0 Å². The van der Waals surface area contributed by atoms with Crippen molar-refractivity contribution in [1.29, 1.82) is 0 Å². The normalized spacial score (nSPS) is 20.7. The summed E-state index contributed by atoms with van der Waals surface area (Å²) in [4.78, 5) is 73.7. The zero-order chi connectivity index (χ0) is 26.1. The summed E-state index contributed by atoms with van der Waals surface area (Å²) in [5.74, 6) is -4.40. The van der Waals surface area contributed by atoms with E-state index in [-0.39, 0.29) is 28.4 Å². The van der Waals surface area contributed by atoms with Gasteiger partial charge in [-0.1, -0.05) is 19.1 Å². The number of rotatable bonds is 7. The van der Waals surface area contributed by atoms with Crippen LogP contribution >= 0.6 is 0 Å². The second kappa shape index (κ2) is 9.49. The Hall–Kier alpha value is -4.74. The number of benzene rings is 2. The van der Waals surface area contributed by atoms with Crippen LogP contribution in [0.1, 0.15) is 34.1 Å². The number of hydrogen-bond donors (Lipinski definition) is 0. The Morgan fingerprint density at radius 1 is 0.917 bits per heavy atom. The largest absolute Gasteiger partial charge is 0.292 e. The first-order valence-corrected chi connectivity index (χ1v) is 11.0. The molecule has 0 saturated carbocycles. The Morgan fingerprint density at radius 3 is 1.94 bits per heavy atom. The van der Waals surface area contributed by atoms with Crippen LogP contribution in [0.5, 0.6) is 0 Å². The van der Waals surface area contributed by atoms with E-state index in [0.29, 0.717) is 11.4 Å². The van der Waals surface area contributed by atoms with E-state index in [1.807, 2.05) is 6.08 Å². The summed E-state index contributed by atoms with van der Waals surface area (Å²) < 4.78 is 0. The van der Waals surface area contributed by atoms with Crippen LogP contribution in [-0.4, -0.2) is 49.9 Å². The molecule has 3 amide bonds. The number of carbonyl (C=O) groups excluding carboxylic acids is 4. The van der Waals surface area contributed by atoms with E-state index in [2.05, 4.69) is 0 Å². The number of ketones is 1. The summed E-state index contributed by atoms with van der Waals surface area (Å²) in [6.45, 7) is 1.08. The summed E-state index contributed by atoms with van der Waals surface area (Å²) in [7, 11) is 0. The lowest BCUT2D eigenvalue weighted by Crippen LogP contribution is -2.52. The van der Waals surface area contributed by atoms with E-state index in [1.165, 1.54) is 24.3 Å². The highest BCUT2D eigenvalue weighted by Gasteiger charge is 2.53. The van der Waals surface area contributed by atoms with Crippen LogP contribution in [0.3, 0.4) is 0 Å². The monoisotopic (exact) mass is 492 g/mol. The first-order chi connectivity index (χ1) is 17.1. The fourth-order valence-electron chi connectivity index (χ4n) is 4.47. The molecule has 0 spiro atoms. The minimum absolute atomic E-state index is 0.0358. The minimum atomic E-state index is -0.874. The number of carbonyl (C=O) groups is 4. The molecule has 184 valence electrons. The summed E-state index contributed by atoms with van der Waals surface area (Å²) in [5, 5.41) is 23.3. The molecule has 2 aromatic rings. The molecule has 0 aromatic heterocycles. The van der Waals surface area contributed by atoms with E-state index in [4.69, 9.17) is 0 Å². The average molecular weight is 492 g/mol. The number of hydrogen-bond acceptors (Lipinski definition) is 8. The van der Waals surface area contributed by atoms with E-state index in [1.54, 1.807) is 13.0 Å². The Balaban J connectivity index is 1.69. The van der Waals surface area contributed by atoms with Gasteiger partial charge in [0, 0.05) is 35.4 Å². The van der Waals surface area contributed by atoms with Crippen LogP contribution < -0.4 is 0 Å². The van der Waals surface area contributed by atoms with E-state index in [9.17, 15) is 39.4 Å². The lowest BCUT2D eigenvalue weighted by Gasteiger charge is -2.30. The quantitative estimate of drug-likeness (QED) is 0.187. The highest BCUT2D eigenvalue weighted by molar-refractivity contribution is 6.10. The van der Waals surface area contributed by atoms with Gasteiger partial charge in [-0.2, -0.15) is 5.01 Å². The molecular formula is C24H20N4O8. The molecule has 0 N–H and O–H groups in total. The van der Waals surface area contributed by atoms with Gasteiger partial charge in [0.05, 0.1) is 21.7 Å². The Bertz CT molecular complexity index is 1300. The molecule has 12 nitrogen and oxygen atoms in total. The van der Waals surface area contributed by atoms with Crippen LogP contribution in [0.15, 0.2) is 60.7 Å². The molecule has 0 unspecified atom stereocenters. The van der Waals surface area contributed by atoms with E-state index in [0.717, 1.165) is 29.3 Å². The number of imide groups is 1. The maximum atomic E-state index is 13.5. The van der Waals surface area contributed by atoms with Crippen LogP contribution in [0.2, 0.25) is 0 Å². The maximum absolute atomic E-state index is 13.5. The summed E-state index contributed by atoms with van der Waals surface area (Å²) in [5.41, 5.74) is -0.535. The molecule has 36 heavy (non-hydrogen) atoms. The van der Waals surface area contributed by atoms with Crippen molar-refractivity contribution < 1.29 is 29.0 Å². The van der Waals surface area contributed by atoms with Crippen molar-refractivity contribution in [2.75, 3.05) is 6.54 Å². The minimum Gasteiger partial charge on any atom is -0.292 e. The van der Waals surface area contributed by atoms with Gasteiger partial charge in [0.1, 0.15) is 6.54 Å². The first-order valence-electron chi connectivity index (χ1n) is 11.0. The smallest absolute Gasteiger partial charge is 0.273 e. The number of fused-ring (bicyclic) bond motifs is 1. The number of Topliss-reactive ketones (excluding diaryl/α,β-unsaturated/α-hetero) is 1. The fourth-order valence-corrected chi connectivity index (χ4v) is 4.47. The van der Waals surface area contributed by atoms with Gasteiger partial charge in [-0.15, -0.1) is 0 Å². The maximum Gasteiger partial charge on any atom is 0.273 e. The molecule has 0 bridgehead atoms. The zero-order valence-electron chi connectivity index (χ0n) is 19.0. The summed E-state index contributed by atoms with van der Waals surface area (Å²) >= 11 is 0. The second-order valence-corrected chi connectivity index (χ2v) is 8.54. The molecule has 12 heteroatoms. The molecular weight excluding hydrogens is 472 g/mol. The molecule has 4 rings (SSSR count). The van der Waals surface area contributed by atoms with Crippen molar-refractivity contribution in [2.24, 2.45) is 17.8 Å². The highest BCUT2D eigenvalue weighted by atomic mass is 16.6. The van der Waals surface area contributed by atoms with E-state index < -0.39 is 51.7 Å². The average Bonchev–Trinajstić information content (AvgIpc) is 3.12.